The van der Waals surface area contributed by atoms with Crippen LogP contribution >= 0.6 is 0 Å². The lowest BCUT2D eigenvalue weighted by Gasteiger charge is -2.29. The average molecular weight is 353 g/mol. The van der Waals surface area contributed by atoms with Crippen molar-refractivity contribution in [2.24, 2.45) is 5.92 Å². The molecule has 2 heteroatoms. The van der Waals surface area contributed by atoms with Crippen LogP contribution in [-0.4, -0.2) is 13.2 Å². The van der Waals surface area contributed by atoms with Gasteiger partial charge >= 0.3 is 0 Å². The number of rotatable bonds is 8. The molecule has 0 amide bonds. The molecule has 1 saturated heterocycles. The third kappa shape index (κ3) is 5.18. The van der Waals surface area contributed by atoms with E-state index in [1.807, 2.05) is 0 Å². The summed E-state index contributed by atoms with van der Waals surface area (Å²) in [5.41, 5.74) is 4.98. The molecule has 0 aliphatic carbocycles. The highest BCUT2D eigenvalue weighted by molar-refractivity contribution is 5.64. The van der Waals surface area contributed by atoms with E-state index in [1.54, 1.807) is 0 Å². The first kappa shape index (κ1) is 19.1. The van der Waals surface area contributed by atoms with Gasteiger partial charge in [-0.2, -0.15) is 0 Å². The van der Waals surface area contributed by atoms with Crippen molar-refractivity contribution in [3.05, 3.63) is 59.7 Å². The summed E-state index contributed by atoms with van der Waals surface area (Å²) in [6.45, 7) is 6.07. The summed E-state index contributed by atoms with van der Waals surface area (Å²) in [4.78, 5) is 0. The number of aryl methyl sites for hydroxylation is 1. The Bertz CT molecular complexity index is 637. The lowest BCUT2D eigenvalue weighted by Crippen LogP contribution is -2.27. The van der Waals surface area contributed by atoms with Gasteiger partial charge in [-0.25, -0.2) is 0 Å². The fourth-order valence-electron chi connectivity index (χ4n) is 3.53. The van der Waals surface area contributed by atoms with Gasteiger partial charge in [0.2, 0.25) is 0 Å². The third-order valence-electron chi connectivity index (χ3n) is 5.31. The van der Waals surface area contributed by atoms with Crippen LogP contribution in [0.3, 0.4) is 0 Å². The molecular formula is C24H32O2. The number of unbranched alkanes of at least 4 members (excludes halogenated alkanes) is 3. The molecule has 0 saturated carbocycles. The van der Waals surface area contributed by atoms with E-state index < -0.39 is 0 Å². The molecule has 2 aromatic carbocycles. The monoisotopic (exact) mass is 352 g/mol. The molecule has 0 N–H and O–H groups in total. The maximum Gasteiger partial charge on any atom is 0.183 e. The molecule has 2 aromatic rings. The first-order chi connectivity index (χ1) is 12.8. The summed E-state index contributed by atoms with van der Waals surface area (Å²) in [7, 11) is 0. The fourth-order valence-corrected chi connectivity index (χ4v) is 3.53. The van der Waals surface area contributed by atoms with Crippen molar-refractivity contribution in [2.45, 2.75) is 58.7 Å². The Labute approximate surface area is 158 Å². The molecule has 1 aliphatic heterocycles. The number of hydrogen-bond acceptors (Lipinski definition) is 2. The lowest BCUT2D eigenvalue weighted by atomic mass is 10.0. The summed E-state index contributed by atoms with van der Waals surface area (Å²) in [5, 5.41) is 0. The van der Waals surface area contributed by atoms with Crippen LogP contribution < -0.4 is 0 Å². The minimum atomic E-state index is -0.210. The first-order valence-corrected chi connectivity index (χ1v) is 10.2. The SMILES string of the molecule is CCCCCCC1COC(c2ccc(-c3ccc(CC)cc3)cc2)OC1. The van der Waals surface area contributed by atoms with E-state index in [4.69, 9.17) is 9.47 Å². The predicted octanol–water partition coefficient (Wildman–Crippen LogP) is 6.55. The quantitative estimate of drug-likeness (QED) is 0.502. The van der Waals surface area contributed by atoms with Gasteiger partial charge in [-0.3, -0.25) is 0 Å². The molecule has 0 atom stereocenters. The molecule has 0 unspecified atom stereocenters. The van der Waals surface area contributed by atoms with E-state index in [0.29, 0.717) is 5.92 Å². The summed E-state index contributed by atoms with van der Waals surface area (Å²) in [6, 6.07) is 17.4. The largest absolute Gasteiger partial charge is 0.348 e. The molecule has 0 radical (unpaired) electrons. The molecule has 2 nitrogen and oxygen atoms in total. The topological polar surface area (TPSA) is 18.5 Å². The Hall–Kier alpha value is -1.64. The van der Waals surface area contributed by atoms with Crippen LogP contribution in [0.15, 0.2) is 48.5 Å². The van der Waals surface area contributed by atoms with Crippen molar-refractivity contribution in [2.75, 3.05) is 13.2 Å². The Morgan fingerprint density at radius 2 is 1.38 bits per heavy atom. The molecule has 3 rings (SSSR count). The minimum Gasteiger partial charge on any atom is -0.348 e. The summed E-state index contributed by atoms with van der Waals surface area (Å²) < 4.78 is 12.0. The fraction of sp³-hybridized carbons (Fsp3) is 0.500. The summed E-state index contributed by atoms with van der Waals surface area (Å²) in [5.74, 6) is 0.555. The Kier molecular flexibility index (Phi) is 7.28. The third-order valence-corrected chi connectivity index (χ3v) is 5.31. The Morgan fingerprint density at radius 1 is 0.769 bits per heavy atom. The van der Waals surface area contributed by atoms with Crippen molar-refractivity contribution in [1.29, 1.82) is 0 Å². The van der Waals surface area contributed by atoms with Crippen LogP contribution in [0.4, 0.5) is 0 Å². The number of benzene rings is 2. The molecule has 1 aliphatic rings. The number of ether oxygens (including phenoxy) is 2. The smallest absolute Gasteiger partial charge is 0.183 e. The van der Waals surface area contributed by atoms with E-state index in [2.05, 4.69) is 62.4 Å². The molecular weight excluding hydrogens is 320 g/mol. The van der Waals surface area contributed by atoms with Crippen molar-refractivity contribution < 1.29 is 9.47 Å². The summed E-state index contributed by atoms with van der Waals surface area (Å²) >= 11 is 0. The second-order valence-corrected chi connectivity index (χ2v) is 7.39. The maximum absolute atomic E-state index is 5.99. The van der Waals surface area contributed by atoms with E-state index >= 15 is 0 Å². The van der Waals surface area contributed by atoms with Gasteiger partial charge in [0.15, 0.2) is 6.29 Å². The van der Waals surface area contributed by atoms with Gasteiger partial charge in [-0.05, 0) is 29.5 Å². The van der Waals surface area contributed by atoms with Crippen LogP contribution in [0.5, 0.6) is 0 Å². The van der Waals surface area contributed by atoms with Crippen molar-refractivity contribution in [3.63, 3.8) is 0 Å². The molecule has 140 valence electrons. The molecule has 1 fully saturated rings. The molecule has 0 aromatic heterocycles. The first-order valence-electron chi connectivity index (χ1n) is 10.2. The summed E-state index contributed by atoms with van der Waals surface area (Å²) in [6.07, 6.45) is 7.34. The van der Waals surface area contributed by atoms with Gasteiger partial charge in [0.1, 0.15) is 0 Å². The highest BCUT2D eigenvalue weighted by Crippen LogP contribution is 2.29. The zero-order valence-corrected chi connectivity index (χ0v) is 16.2. The van der Waals surface area contributed by atoms with Crippen molar-refractivity contribution in [1.82, 2.24) is 0 Å². The lowest BCUT2D eigenvalue weighted by molar-refractivity contribution is -0.206. The van der Waals surface area contributed by atoms with Crippen molar-refractivity contribution in [3.8, 4) is 11.1 Å². The van der Waals surface area contributed by atoms with Gasteiger partial charge in [0, 0.05) is 11.5 Å². The van der Waals surface area contributed by atoms with Gasteiger partial charge < -0.3 is 9.47 Å². The zero-order chi connectivity index (χ0) is 18.2. The second kappa shape index (κ2) is 9.89. The Morgan fingerprint density at radius 3 is 1.96 bits per heavy atom. The van der Waals surface area contributed by atoms with Crippen LogP contribution in [-0.2, 0) is 15.9 Å². The van der Waals surface area contributed by atoms with Crippen molar-refractivity contribution >= 4 is 0 Å². The zero-order valence-electron chi connectivity index (χ0n) is 16.2. The van der Waals surface area contributed by atoms with Crippen LogP contribution in [0.1, 0.15) is 63.4 Å². The average Bonchev–Trinajstić information content (AvgIpc) is 2.72. The highest BCUT2D eigenvalue weighted by atomic mass is 16.7. The van der Waals surface area contributed by atoms with Gasteiger partial charge in [-0.15, -0.1) is 0 Å². The highest BCUT2D eigenvalue weighted by Gasteiger charge is 2.23. The van der Waals surface area contributed by atoms with Gasteiger partial charge in [-0.1, -0.05) is 88.1 Å². The van der Waals surface area contributed by atoms with E-state index in [1.165, 1.54) is 48.8 Å². The minimum absolute atomic E-state index is 0.210. The molecule has 0 bridgehead atoms. The number of hydrogen-bond donors (Lipinski definition) is 0. The van der Waals surface area contributed by atoms with Gasteiger partial charge in [0.25, 0.3) is 0 Å². The van der Waals surface area contributed by atoms with E-state index in [9.17, 15) is 0 Å². The van der Waals surface area contributed by atoms with Gasteiger partial charge in [0.05, 0.1) is 13.2 Å². The molecule has 26 heavy (non-hydrogen) atoms. The van der Waals surface area contributed by atoms with Crippen LogP contribution in [0.25, 0.3) is 11.1 Å². The second-order valence-electron chi connectivity index (χ2n) is 7.39. The van der Waals surface area contributed by atoms with Crippen LogP contribution in [0.2, 0.25) is 0 Å². The standard InChI is InChI=1S/C24H32O2/c1-3-5-6-7-8-20-17-25-24(26-18-20)23-15-13-22(14-16-23)21-11-9-19(4-2)10-12-21/h9-16,20,24H,3-8,17-18H2,1-2H3. The normalized spacial score (nSPS) is 20.2. The molecule has 0 spiro atoms. The maximum atomic E-state index is 5.99. The van der Waals surface area contributed by atoms with E-state index in [-0.39, 0.29) is 6.29 Å². The predicted molar refractivity (Wildman–Crippen MR) is 108 cm³/mol. The molecule has 1 heterocycles. The van der Waals surface area contributed by atoms with Crippen LogP contribution in [0, 0.1) is 5.92 Å². The van der Waals surface area contributed by atoms with E-state index in [0.717, 1.165) is 25.2 Å². The Balaban J connectivity index is 1.51.